The van der Waals surface area contributed by atoms with Gasteiger partial charge in [-0.3, -0.25) is 0 Å². The summed E-state index contributed by atoms with van der Waals surface area (Å²) in [5, 5.41) is 3.92. The number of thioether (sulfide) groups is 1. The molecule has 1 rings (SSSR count). The van der Waals surface area contributed by atoms with Gasteiger partial charge in [-0.1, -0.05) is 47.0 Å². The molecule has 0 aromatic carbocycles. The Morgan fingerprint density at radius 1 is 0.947 bits per heavy atom. The van der Waals surface area contributed by atoms with Crippen molar-refractivity contribution < 1.29 is 0 Å². The van der Waals surface area contributed by atoms with Crippen molar-refractivity contribution >= 4 is 11.8 Å². The Hall–Kier alpha value is 0.310. The molecule has 0 aromatic rings. The van der Waals surface area contributed by atoms with Crippen molar-refractivity contribution in [3.05, 3.63) is 0 Å². The lowest BCUT2D eigenvalue weighted by atomic mass is 9.87. The van der Waals surface area contributed by atoms with Crippen LogP contribution >= 0.6 is 11.8 Å². The molecular weight excluding hydrogens is 250 g/mol. The van der Waals surface area contributed by atoms with Crippen LogP contribution in [0, 0.1) is 11.8 Å². The summed E-state index contributed by atoms with van der Waals surface area (Å²) >= 11 is 2.11. The van der Waals surface area contributed by atoms with E-state index >= 15 is 0 Å². The van der Waals surface area contributed by atoms with Crippen LogP contribution < -0.4 is 5.32 Å². The first kappa shape index (κ1) is 17.4. The van der Waals surface area contributed by atoms with E-state index in [0.29, 0.717) is 10.8 Å². The van der Waals surface area contributed by atoms with Gasteiger partial charge >= 0.3 is 0 Å². The van der Waals surface area contributed by atoms with Crippen LogP contribution in [0.15, 0.2) is 0 Å². The zero-order valence-electron chi connectivity index (χ0n) is 13.8. The molecule has 1 fully saturated rings. The first-order valence-electron chi connectivity index (χ1n) is 8.26. The fourth-order valence-corrected chi connectivity index (χ4v) is 4.31. The summed E-state index contributed by atoms with van der Waals surface area (Å²) in [6.07, 6.45) is 12.1. The number of rotatable bonds is 8. The van der Waals surface area contributed by atoms with E-state index in [0.717, 1.165) is 11.8 Å². The molecule has 0 radical (unpaired) electrons. The van der Waals surface area contributed by atoms with Crippen LogP contribution in [0.3, 0.4) is 0 Å². The first-order valence-corrected chi connectivity index (χ1v) is 9.48. The predicted molar refractivity (Wildman–Crippen MR) is 90.0 cm³/mol. The molecule has 0 aromatic heterocycles. The summed E-state index contributed by atoms with van der Waals surface area (Å²) in [5.74, 6) is 1.60. The second kappa shape index (κ2) is 8.56. The summed E-state index contributed by atoms with van der Waals surface area (Å²) in [6.45, 7) is 10.6. The molecule has 0 unspecified atom stereocenters. The van der Waals surface area contributed by atoms with Crippen molar-refractivity contribution in [2.75, 3.05) is 12.8 Å². The summed E-state index contributed by atoms with van der Waals surface area (Å²) in [4.78, 5) is 0. The van der Waals surface area contributed by atoms with Crippen LogP contribution in [0.5, 0.6) is 0 Å². The van der Waals surface area contributed by atoms with Crippen molar-refractivity contribution in [1.82, 2.24) is 5.32 Å². The molecule has 0 atom stereocenters. The third-order valence-electron chi connectivity index (χ3n) is 4.42. The fraction of sp³-hybridized carbons (Fsp3) is 1.00. The van der Waals surface area contributed by atoms with Crippen molar-refractivity contribution in [3.8, 4) is 0 Å². The molecule has 0 spiro atoms. The van der Waals surface area contributed by atoms with Gasteiger partial charge in [0.05, 0.1) is 0 Å². The monoisotopic (exact) mass is 285 g/mol. The van der Waals surface area contributed by atoms with E-state index in [1.165, 1.54) is 51.5 Å². The van der Waals surface area contributed by atoms with Gasteiger partial charge in [0, 0.05) is 17.3 Å². The molecule has 114 valence electrons. The Morgan fingerprint density at radius 3 is 1.89 bits per heavy atom. The maximum Gasteiger partial charge on any atom is 0.0281 e. The van der Waals surface area contributed by atoms with E-state index in [2.05, 4.69) is 51.0 Å². The highest BCUT2D eigenvalue weighted by Crippen LogP contribution is 2.38. The molecule has 1 nitrogen and oxygen atoms in total. The fourth-order valence-electron chi connectivity index (χ4n) is 3.38. The minimum Gasteiger partial charge on any atom is -0.313 e. The van der Waals surface area contributed by atoms with Crippen molar-refractivity contribution in [2.24, 2.45) is 11.8 Å². The number of hydrogen-bond acceptors (Lipinski definition) is 2. The standard InChI is InChI=1S/C17H35NS/c1-14(2)11-16(12-15(3)4)18-13-17(19-5)9-7-6-8-10-17/h14-16,18H,6-13H2,1-5H3. The summed E-state index contributed by atoms with van der Waals surface area (Å²) in [5.41, 5.74) is 0. The Kier molecular flexibility index (Phi) is 7.83. The maximum atomic E-state index is 3.92. The Labute approximate surface area is 125 Å². The first-order chi connectivity index (χ1) is 8.97. The molecule has 1 aliphatic rings. The molecule has 0 amide bonds. The minimum atomic E-state index is 0.532. The van der Waals surface area contributed by atoms with E-state index in [1.807, 2.05) is 0 Å². The average molecular weight is 286 g/mol. The Balaban J connectivity index is 2.48. The lowest BCUT2D eigenvalue weighted by Crippen LogP contribution is -2.44. The highest BCUT2D eigenvalue weighted by molar-refractivity contribution is 8.00. The molecule has 0 aliphatic heterocycles. The Bertz CT molecular complexity index is 221. The van der Waals surface area contributed by atoms with Gasteiger partial charge in [0.15, 0.2) is 0 Å². The van der Waals surface area contributed by atoms with Crippen molar-refractivity contribution in [2.45, 2.75) is 83.4 Å². The van der Waals surface area contributed by atoms with E-state index in [9.17, 15) is 0 Å². The largest absolute Gasteiger partial charge is 0.313 e. The molecule has 0 saturated heterocycles. The molecular formula is C17H35NS. The summed E-state index contributed by atoms with van der Waals surface area (Å²) < 4.78 is 0.532. The van der Waals surface area contributed by atoms with Gasteiger partial charge in [-0.05, 0) is 43.8 Å². The SMILES string of the molecule is CSC1(CNC(CC(C)C)CC(C)C)CCCCC1. The van der Waals surface area contributed by atoms with E-state index in [1.54, 1.807) is 0 Å². The van der Waals surface area contributed by atoms with Gasteiger partial charge in [-0.2, -0.15) is 11.8 Å². The lowest BCUT2D eigenvalue weighted by molar-refractivity contribution is 0.316. The quantitative estimate of drug-likeness (QED) is 0.665. The van der Waals surface area contributed by atoms with Gasteiger partial charge < -0.3 is 5.32 Å². The maximum absolute atomic E-state index is 3.92. The zero-order valence-corrected chi connectivity index (χ0v) is 14.6. The third kappa shape index (κ3) is 6.53. The molecule has 2 heteroatoms. The summed E-state index contributed by atoms with van der Waals surface area (Å²) in [6, 6.07) is 0.714. The van der Waals surface area contributed by atoms with Crippen LogP contribution in [0.2, 0.25) is 0 Å². The highest BCUT2D eigenvalue weighted by atomic mass is 32.2. The smallest absolute Gasteiger partial charge is 0.0281 e. The predicted octanol–water partition coefficient (Wildman–Crippen LogP) is 5.10. The Morgan fingerprint density at radius 2 is 1.47 bits per heavy atom. The third-order valence-corrected chi connectivity index (χ3v) is 5.84. The molecule has 1 saturated carbocycles. The van der Waals surface area contributed by atoms with Gasteiger partial charge in [-0.15, -0.1) is 0 Å². The van der Waals surface area contributed by atoms with Gasteiger partial charge in [-0.25, -0.2) is 0 Å². The van der Waals surface area contributed by atoms with Crippen LogP contribution in [-0.2, 0) is 0 Å². The highest BCUT2D eigenvalue weighted by Gasteiger charge is 2.31. The van der Waals surface area contributed by atoms with Crippen molar-refractivity contribution in [1.29, 1.82) is 0 Å². The minimum absolute atomic E-state index is 0.532. The molecule has 0 bridgehead atoms. The van der Waals surface area contributed by atoms with E-state index in [-0.39, 0.29) is 0 Å². The van der Waals surface area contributed by atoms with Crippen LogP contribution in [0.25, 0.3) is 0 Å². The van der Waals surface area contributed by atoms with E-state index < -0.39 is 0 Å². The number of nitrogens with one attached hydrogen (secondary N) is 1. The second-order valence-corrected chi connectivity index (χ2v) is 8.56. The van der Waals surface area contributed by atoms with Crippen LogP contribution in [0.4, 0.5) is 0 Å². The zero-order chi connectivity index (χ0) is 14.3. The van der Waals surface area contributed by atoms with Gasteiger partial charge in [0.25, 0.3) is 0 Å². The van der Waals surface area contributed by atoms with Crippen LogP contribution in [-0.4, -0.2) is 23.6 Å². The summed E-state index contributed by atoms with van der Waals surface area (Å²) in [7, 11) is 0. The molecule has 0 heterocycles. The topological polar surface area (TPSA) is 12.0 Å². The second-order valence-electron chi connectivity index (χ2n) is 7.28. The van der Waals surface area contributed by atoms with E-state index in [4.69, 9.17) is 0 Å². The van der Waals surface area contributed by atoms with Crippen LogP contribution in [0.1, 0.15) is 72.6 Å². The normalized spacial score (nSPS) is 19.6. The number of hydrogen-bond donors (Lipinski definition) is 1. The molecule has 1 N–H and O–H groups in total. The lowest BCUT2D eigenvalue weighted by Gasteiger charge is -2.38. The van der Waals surface area contributed by atoms with Gasteiger partial charge in [0.1, 0.15) is 0 Å². The average Bonchev–Trinajstić information content (AvgIpc) is 2.36. The molecule has 19 heavy (non-hydrogen) atoms. The van der Waals surface area contributed by atoms with Crippen molar-refractivity contribution in [3.63, 3.8) is 0 Å². The van der Waals surface area contributed by atoms with Gasteiger partial charge in [0.2, 0.25) is 0 Å². The molecule has 1 aliphatic carbocycles.